The van der Waals surface area contributed by atoms with Gasteiger partial charge in [0.15, 0.2) is 0 Å². The smallest absolute Gasteiger partial charge is 0.262 e. The van der Waals surface area contributed by atoms with E-state index in [2.05, 4.69) is 10.3 Å². The van der Waals surface area contributed by atoms with Crippen LogP contribution in [0.5, 0.6) is 0 Å². The maximum atomic E-state index is 13.1. The van der Waals surface area contributed by atoms with Crippen LogP contribution in [0.15, 0.2) is 66.7 Å². The number of nitrogens with zero attached hydrogens (tertiary/aromatic N) is 2. The van der Waals surface area contributed by atoms with Crippen molar-refractivity contribution in [1.82, 2.24) is 9.88 Å². The molecule has 3 aromatic carbocycles. The summed E-state index contributed by atoms with van der Waals surface area (Å²) >= 11 is 0. The van der Waals surface area contributed by atoms with Crippen LogP contribution < -0.4 is 5.32 Å². The summed E-state index contributed by atoms with van der Waals surface area (Å²) in [6.45, 7) is 3.42. The fourth-order valence-corrected chi connectivity index (χ4v) is 4.11. The van der Waals surface area contributed by atoms with Crippen molar-refractivity contribution in [1.29, 1.82) is 0 Å². The predicted molar refractivity (Wildman–Crippen MR) is 119 cm³/mol. The molecule has 0 bridgehead atoms. The molecule has 0 saturated heterocycles. The largest absolute Gasteiger partial charge is 0.324 e. The van der Waals surface area contributed by atoms with Crippen LogP contribution in [0.4, 0.5) is 5.69 Å². The number of fused-ring (bicyclic) bond motifs is 4. The van der Waals surface area contributed by atoms with Crippen LogP contribution >= 0.6 is 0 Å². The molecule has 3 amide bonds. The number of imide groups is 1. The summed E-state index contributed by atoms with van der Waals surface area (Å²) in [5.74, 6) is -1.34. The molecule has 0 spiro atoms. The maximum Gasteiger partial charge on any atom is 0.262 e. The zero-order chi connectivity index (χ0) is 21.7. The lowest BCUT2D eigenvalue weighted by Crippen LogP contribution is -2.45. The standard InChI is InChI=1S/C25H19N3O3/c1-14-13-21(20-12-11-16-7-3-4-8-17(16)22(20)26-14)27-23(29)15(2)28-24(30)18-9-5-6-10-19(18)25(28)31/h3-13,15H,1-2H3,(H,26,27,29). The number of anilines is 1. The Morgan fingerprint density at radius 3 is 2.26 bits per heavy atom. The first-order valence-electron chi connectivity index (χ1n) is 10.0. The lowest BCUT2D eigenvalue weighted by atomic mass is 10.0. The highest BCUT2D eigenvalue weighted by Crippen LogP contribution is 2.30. The quantitative estimate of drug-likeness (QED) is 0.404. The summed E-state index contributed by atoms with van der Waals surface area (Å²) in [6.07, 6.45) is 0. The zero-order valence-electron chi connectivity index (χ0n) is 17.0. The van der Waals surface area contributed by atoms with Gasteiger partial charge in [-0.2, -0.15) is 0 Å². The molecule has 1 aliphatic heterocycles. The summed E-state index contributed by atoms with van der Waals surface area (Å²) in [5, 5.41) is 5.76. The topological polar surface area (TPSA) is 79.4 Å². The minimum atomic E-state index is -0.962. The van der Waals surface area contributed by atoms with Crippen LogP contribution in [0.1, 0.15) is 33.3 Å². The van der Waals surface area contributed by atoms with Crippen molar-refractivity contribution in [2.45, 2.75) is 19.9 Å². The number of carbonyl (C=O) groups is 3. The number of carbonyl (C=O) groups excluding carboxylic acids is 3. The number of nitrogens with one attached hydrogen (secondary N) is 1. The Balaban J connectivity index is 1.50. The summed E-state index contributed by atoms with van der Waals surface area (Å²) in [6, 6.07) is 19.3. The summed E-state index contributed by atoms with van der Waals surface area (Å²) < 4.78 is 0. The van der Waals surface area contributed by atoms with E-state index in [1.807, 2.05) is 43.3 Å². The second kappa shape index (κ2) is 7.02. The van der Waals surface area contributed by atoms with Crippen LogP contribution in [0.2, 0.25) is 0 Å². The molecule has 1 aromatic heterocycles. The molecule has 1 N–H and O–H groups in total. The summed E-state index contributed by atoms with van der Waals surface area (Å²) in [7, 11) is 0. The monoisotopic (exact) mass is 409 g/mol. The molecular formula is C25H19N3O3. The minimum Gasteiger partial charge on any atom is -0.324 e. The summed E-state index contributed by atoms with van der Waals surface area (Å²) in [5.41, 5.74) is 2.80. The van der Waals surface area contributed by atoms with Crippen molar-refractivity contribution in [3.63, 3.8) is 0 Å². The number of aryl methyl sites for hydroxylation is 1. The van der Waals surface area contributed by atoms with Crippen molar-refractivity contribution in [3.05, 3.63) is 83.6 Å². The van der Waals surface area contributed by atoms with Gasteiger partial charge < -0.3 is 5.32 Å². The van der Waals surface area contributed by atoms with Gasteiger partial charge in [-0.05, 0) is 37.4 Å². The Morgan fingerprint density at radius 2 is 1.55 bits per heavy atom. The van der Waals surface area contributed by atoms with Gasteiger partial charge in [-0.1, -0.05) is 48.5 Å². The second-order valence-corrected chi connectivity index (χ2v) is 7.69. The van der Waals surface area contributed by atoms with Crippen LogP contribution in [0.25, 0.3) is 21.7 Å². The highest BCUT2D eigenvalue weighted by Gasteiger charge is 2.40. The number of benzene rings is 3. The predicted octanol–water partition coefficient (Wildman–Crippen LogP) is 4.32. The van der Waals surface area contributed by atoms with Crippen molar-refractivity contribution in [2.24, 2.45) is 0 Å². The maximum absolute atomic E-state index is 13.1. The Bertz CT molecular complexity index is 1380. The number of hydrogen-bond acceptors (Lipinski definition) is 4. The van der Waals surface area contributed by atoms with Gasteiger partial charge in [-0.25, -0.2) is 0 Å². The first kappa shape index (κ1) is 18.9. The Hall–Kier alpha value is -4.06. The van der Waals surface area contributed by atoms with Crippen molar-refractivity contribution in [2.75, 3.05) is 5.32 Å². The van der Waals surface area contributed by atoms with Gasteiger partial charge in [-0.15, -0.1) is 0 Å². The normalized spacial score (nSPS) is 14.2. The van der Waals surface area contributed by atoms with Gasteiger partial charge >= 0.3 is 0 Å². The van der Waals surface area contributed by atoms with E-state index < -0.39 is 23.8 Å². The lowest BCUT2D eigenvalue weighted by Gasteiger charge is -2.22. The Morgan fingerprint density at radius 1 is 0.903 bits per heavy atom. The molecule has 6 nitrogen and oxygen atoms in total. The number of amides is 3. The Kier molecular flexibility index (Phi) is 4.29. The second-order valence-electron chi connectivity index (χ2n) is 7.69. The van der Waals surface area contributed by atoms with Gasteiger partial charge in [0.1, 0.15) is 6.04 Å². The molecule has 1 atom stereocenters. The van der Waals surface area contributed by atoms with E-state index >= 15 is 0 Å². The fourth-order valence-electron chi connectivity index (χ4n) is 4.11. The van der Waals surface area contributed by atoms with Crippen molar-refractivity contribution < 1.29 is 14.4 Å². The number of hydrogen-bond donors (Lipinski definition) is 1. The van der Waals surface area contributed by atoms with E-state index in [-0.39, 0.29) is 0 Å². The molecule has 5 rings (SSSR count). The van der Waals surface area contributed by atoms with Gasteiger partial charge in [0.25, 0.3) is 11.8 Å². The third kappa shape index (κ3) is 2.95. The van der Waals surface area contributed by atoms with Crippen LogP contribution in [0.3, 0.4) is 0 Å². The molecule has 4 aromatic rings. The van der Waals surface area contributed by atoms with E-state index in [0.717, 1.165) is 32.3 Å². The van der Waals surface area contributed by atoms with E-state index in [1.54, 1.807) is 37.3 Å². The first-order chi connectivity index (χ1) is 15.0. The molecule has 0 saturated carbocycles. The average molecular weight is 409 g/mol. The molecule has 2 heterocycles. The fraction of sp³-hybridized carbons (Fsp3) is 0.120. The minimum absolute atomic E-state index is 0.323. The van der Waals surface area contributed by atoms with Gasteiger partial charge in [0.2, 0.25) is 5.91 Å². The van der Waals surface area contributed by atoms with E-state index in [0.29, 0.717) is 16.8 Å². The van der Waals surface area contributed by atoms with Crippen LogP contribution in [0, 0.1) is 6.92 Å². The van der Waals surface area contributed by atoms with E-state index in [9.17, 15) is 14.4 Å². The lowest BCUT2D eigenvalue weighted by molar-refractivity contribution is -0.119. The molecular weight excluding hydrogens is 390 g/mol. The number of pyridine rings is 1. The van der Waals surface area contributed by atoms with E-state index in [1.165, 1.54) is 0 Å². The molecule has 0 aliphatic carbocycles. The highest BCUT2D eigenvalue weighted by molar-refractivity contribution is 6.23. The molecule has 1 unspecified atom stereocenters. The number of rotatable bonds is 3. The SMILES string of the molecule is Cc1cc(NC(=O)C(C)N2C(=O)c3ccccc3C2=O)c2ccc3ccccc3c2n1. The Labute approximate surface area is 178 Å². The molecule has 31 heavy (non-hydrogen) atoms. The van der Waals surface area contributed by atoms with E-state index in [4.69, 9.17) is 0 Å². The van der Waals surface area contributed by atoms with Gasteiger partial charge in [0, 0.05) is 16.5 Å². The first-order valence-corrected chi connectivity index (χ1v) is 10.0. The zero-order valence-corrected chi connectivity index (χ0v) is 17.0. The molecule has 152 valence electrons. The molecule has 0 fully saturated rings. The third-order valence-corrected chi connectivity index (χ3v) is 5.68. The number of aromatic nitrogens is 1. The van der Waals surface area contributed by atoms with Gasteiger partial charge in [0.05, 0.1) is 22.3 Å². The van der Waals surface area contributed by atoms with Crippen LogP contribution in [-0.2, 0) is 4.79 Å². The van der Waals surface area contributed by atoms with Crippen LogP contribution in [-0.4, -0.2) is 33.6 Å². The average Bonchev–Trinajstić information content (AvgIpc) is 3.03. The van der Waals surface area contributed by atoms with Gasteiger partial charge in [-0.3, -0.25) is 24.3 Å². The van der Waals surface area contributed by atoms with Crippen molar-refractivity contribution in [3.8, 4) is 0 Å². The third-order valence-electron chi connectivity index (χ3n) is 5.68. The molecule has 0 radical (unpaired) electrons. The highest BCUT2D eigenvalue weighted by atomic mass is 16.2. The summed E-state index contributed by atoms with van der Waals surface area (Å²) in [4.78, 5) is 44.2. The molecule has 6 heteroatoms. The molecule has 1 aliphatic rings. The van der Waals surface area contributed by atoms with Crippen molar-refractivity contribution >= 4 is 45.1 Å².